The normalized spacial score (nSPS) is 11.4. The number of benzene rings is 1. The molecular weight excluding hydrogens is 320 g/mol. The molecule has 0 bridgehead atoms. The highest BCUT2D eigenvalue weighted by Gasteiger charge is 2.21. The molecule has 0 unspecified atom stereocenters. The smallest absolute Gasteiger partial charge is 0.267 e. The van der Waals surface area contributed by atoms with Gasteiger partial charge in [0.2, 0.25) is 0 Å². The molecule has 18 heavy (non-hydrogen) atoms. The van der Waals surface area contributed by atoms with Gasteiger partial charge in [-0.15, -0.1) is 0 Å². The lowest BCUT2D eigenvalue weighted by Crippen LogP contribution is -2.14. The minimum Gasteiger partial charge on any atom is -0.381 e. The number of nitrogens with two attached hydrogens (primary N) is 1. The van der Waals surface area contributed by atoms with Gasteiger partial charge < -0.3 is 5.73 Å². The Hall–Kier alpha value is -1.54. The zero-order valence-electron chi connectivity index (χ0n) is 9.46. The Morgan fingerprint density at radius 1 is 1.39 bits per heavy atom. The third-order valence-electron chi connectivity index (χ3n) is 2.23. The molecule has 1 aromatic carbocycles. The molecule has 0 aliphatic rings. The highest BCUT2D eigenvalue weighted by Crippen LogP contribution is 2.25. The number of nitrogens with zero attached hydrogens (tertiary/aromatic N) is 2. The number of rotatable bonds is 3. The first kappa shape index (κ1) is 12.9. The van der Waals surface area contributed by atoms with E-state index in [-0.39, 0.29) is 10.7 Å². The predicted octanol–water partition coefficient (Wildman–Crippen LogP) is 1.57. The van der Waals surface area contributed by atoms with Crippen LogP contribution < -0.4 is 10.5 Å². The maximum Gasteiger partial charge on any atom is 0.267 e. The van der Waals surface area contributed by atoms with Crippen LogP contribution in [0.3, 0.4) is 0 Å². The lowest BCUT2D eigenvalue weighted by atomic mass is 10.3. The molecule has 0 saturated heterocycles. The minimum atomic E-state index is -3.73. The fourth-order valence-corrected chi connectivity index (χ4v) is 3.13. The number of nitrogen functional groups attached to an aromatic ring is 1. The summed E-state index contributed by atoms with van der Waals surface area (Å²) in [6.45, 7) is 0. The van der Waals surface area contributed by atoms with Gasteiger partial charge >= 0.3 is 0 Å². The van der Waals surface area contributed by atoms with Crippen LogP contribution in [0.5, 0.6) is 0 Å². The molecule has 1 aromatic heterocycles. The van der Waals surface area contributed by atoms with Gasteiger partial charge in [0, 0.05) is 17.7 Å². The molecule has 0 spiro atoms. The van der Waals surface area contributed by atoms with Crippen molar-refractivity contribution >= 4 is 37.5 Å². The zero-order chi connectivity index (χ0) is 13.3. The fourth-order valence-electron chi connectivity index (χ4n) is 1.43. The number of hydrogen-bond acceptors (Lipinski definition) is 4. The first-order valence-electron chi connectivity index (χ1n) is 4.96. The standard InChI is InChI=1S/C10H11BrN4O2S/c1-15-6-9(10(12)13-15)18(16,17)14-8-5-3-2-4-7(8)11/h2-6,14H,1H3,(H2,12,13). The van der Waals surface area contributed by atoms with Crippen molar-refractivity contribution in [1.82, 2.24) is 9.78 Å². The molecule has 8 heteroatoms. The quantitative estimate of drug-likeness (QED) is 0.893. The second-order valence-electron chi connectivity index (χ2n) is 3.64. The van der Waals surface area contributed by atoms with Crippen LogP contribution in [0.4, 0.5) is 11.5 Å². The van der Waals surface area contributed by atoms with Crippen molar-refractivity contribution in [2.24, 2.45) is 7.05 Å². The number of sulfonamides is 1. The molecule has 96 valence electrons. The minimum absolute atomic E-state index is 0.0305. The molecule has 1 heterocycles. The van der Waals surface area contributed by atoms with Crippen molar-refractivity contribution in [2.75, 3.05) is 10.5 Å². The summed E-state index contributed by atoms with van der Waals surface area (Å²) in [4.78, 5) is -0.0410. The lowest BCUT2D eigenvalue weighted by molar-refractivity contribution is 0.601. The van der Waals surface area contributed by atoms with Gasteiger partial charge in [-0.2, -0.15) is 5.10 Å². The van der Waals surface area contributed by atoms with Gasteiger partial charge in [-0.05, 0) is 28.1 Å². The number of para-hydroxylation sites is 1. The van der Waals surface area contributed by atoms with E-state index >= 15 is 0 Å². The number of aromatic nitrogens is 2. The summed E-state index contributed by atoms with van der Waals surface area (Å²) in [6.07, 6.45) is 1.36. The second-order valence-corrected chi connectivity index (χ2v) is 6.14. The molecule has 0 aliphatic carbocycles. The van der Waals surface area contributed by atoms with E-state index < -0.39 is 10.0 Å². The first-order chi connectivity index (χ1) is 8.40. The molecule has 0 fully saturated rings. The number of nitrogens with one attached hydrogen (secondary N) is 1. The van der Waals surface area contributed by atoms with Crippen LogP contribution in [0.25, 0.3) is 0 Å². The summed E-state index contributed by atoms with van der Waals surface area (Å²) >= 11 is 3.27. The fraction of sp³-hybridized carbons (Fsp3) is 0.100. The Labute approximate surface area is 113 Å². The predicted molar refractivity (Wildman–Crippen MR) is 72.6 cm³/mol. The Balaban J connectivity index is 2.40. The summed E-state index contributed by atoms with van der Waals surface area (Å²) in [6, 6.07) is 6.91. The van der Waals surface area contributed by atoms with Gasteiger partial charge in [-0.1, -0.05) is 12.1 Å². The molecule has 2 aromatic rings. The van der Waals surface area contributed by atoms with E-state index in [9.17, 15) is 8.42 Å². The van der Waals surface area contributed by atoms with E-state index in [1.54, 1.807) is 31.3 Å². The molecule has 6 nitrogen and oxygen atoms in total. The summed E-state index contributed by atoms with van der Waals surface area (Å²) in [7, 11) is -2.13. The number of anilines is 2. The Bertz CT molecular complexity index is 681. The maximum absolute atomic E-state index is 12.1. The average molecular weight is 331 g/mol. The summed E-state index contributed by atoms with van der Waals surface area (Å²) in [5.41, 5.74) is 6.00. The van der Waals surface area contributed by atoms with E-state index in [1.807, 2.05) is 0 Å². The van der Waals surface area contributed by atoms with Gasteiger partial charge in [0.1, 0.15) is 4.90 Å². The van der Waals surface area contributed by atoms with Crippen LogP contribution in [0, 0.1) is 0 Å². The third kappa shape index (κ3) is 2.49. The van der Waals surface area contributed by atoms with E-state index in [4.69, 9.17) is 5.73 Å². The van der Waals surface area contributed by atoms with Crippen molar-refractivity contribution in [1.29, 1.82) is 0 Å². The monoisotopic (exact) mass is 330 g/mol. The topological polar surface area (TPSA) is 90.0 Å². The van der Waals surface area contributed by atoms with Gasteiger partial charge in [0.15, 0.2) is 5.82 Å². The third-order valence-corrected chi connectivity index (χ3v) is 4.30. The molecule has 0 amide bonds. The van der Waals surface area contributed by atoms with Gasteiger partial charge in [0.05, 0.1) is 5.69 Å². The molecule has 3 N–H and O–H groups in total. The summed E-state index contributed by atoms with van der Waals surface area (Å²) < 4.78 is 28.7. The molecule has 0 radical (unpaired) electrons. The van der Waals surface area contributed by atoms with Crippen LogP contribution in [0.15, 0.2) is 39.8 Å². The van der Waals surface area contributed by atoms with Crippen LogP contribution in [-0.2, 0) is 17.1 Å². The van der Waals surface area contributed by atoms with Crippen LogP contribution in [-0.4, -0.2) is 18.2 Å². The molecule has 0 aliphatic heterocycles. The summed E-state index contributed by atoms with van der Waals surface area (Å²) in [5.74, 6) is -0.0305. The molecule has 0 atom stereocenters. The molecule has 0 saturated carbocycles. The van der Waals surface area contributed by atoms with Crippen molar-refractivity contribution < 1.29 is 8.42 Å². The number of aryl methyl sites for hydroxylation is 1. The highest BCUT2D eigenvalue weighted by atomic mass is 79.9. The SMILES string of the molecule is Cn1cc(S(=O)(=O)Nc2ccccc2Br)c(N)n1. The largest absolute Gasteiger partial charge is 0.381 e. The highest BCUT2D eigenvalue weighted by molar-refractivity contribution is 9.10. The lowest BCUT2D eigenvalue weighted by Gasteiger charge is -2.08. The van der Waals surface area contributed by atoms with Gasteiger partial charge in [-0.25, -0.2) is 8.42 Å². The summed E-state index contributed by atoms with van der Waals surface area (Å²) in [5, 5.41) is 3.80. The Morgan fingerprint density at radius 2 is 2.06 bits per heavy atom. The van der Waals surface area contributed by atoms with Gasteiger partial charge in [0.25, 0.3) is 10.0 Å². The van der Waals surface area contributed by atoms with Crippen LogP contribution in [0.2, 0.25) is 0 Å². The average Bonchev–Trinajstić information content (AvgIpc) is 2.62. The van der Waals surface area contributed by atoms with Crippen molar-refractivity contribution in [3.05, 3.63) is 34.9 Å². The van der Waals surface area contributed by atoms with E-state index in [2.05, 4.69) is 25.8 Å². The van der Waals surface area contributed by atoms with Crippen LogP contribution in [0.1, 0.15) is 0 Å². The molecule has 2 rings (SSSR count). The zero-order valence-corrected chi connectivity index (χ0v) is 11.9. The van der Waals surface area contributed by atoms with E-state index in [1.165, 1.54) is 10.9 Å². The number of halogens is 1. The Morgan fingerprint density at radius 3 is 2.61 bits per heavy atom. The van der Waals surface area contributed by atoms with E-state index in [0.717, 1.165) is 0 Å². The first-order valence-corrected chi connectivity index (χ1v) is 7.24. The van der Waals surface area contributed by atoms with Crippen molar-refractivity contribution in [2.45, 2.75) is 4.90 Å². The van der Waals surface area contributed by atoms with Crippen molar-refractivity contribution in [3.63, 3.8) is 0 Å². The molecular formula is C10H11BrN4O2S. The van der Waals surface area contributed by atoms with Crippen LogP contribution >= 0.6 is 15.9 Å². The number of hydrogen-bond donors (Lipinski definition) is 2. The Kier molecular flexibility index (Phi) is 3.31. The van der Waals surface area contributed by atoms with Gasteiger partial charge in [-0.3, -0.25) is 9.40 Å². The maximum atomic E-state index is 12.1. The van der Waals surface area contributed by atoms with Crippen molar-refractivity contribution in [3.8, 4) is 0 Å². The van der Waals surface area contributed by atoms with E-state index in [0.29, 0.717) is 10.2 Å². The second kappa shape index (κ2) is 4.62.